The number of aliphatic carboxylic acids is 2. The molecule has 5 nitrogen and oxygen atoms in total. The van der Waals surface area contributed by atoms with Gasteiger partial charge in [0.05, 0.1) is 1.37 Å². The minimum absolute atomic E-state index is 0. The monoisotopic (exact) mass is 198 g/mol. The van der Waals surface area contributed by atoms with Crippen molar-refractivity contribution in [2.45, 2.75) is 18.9 Å². The number of carboxylic acid groups (broad SMARTS) is 2. The zero-order chi connectivity index (χ0) is 11.6. The molecule has 0 bridgehead atoms. The first-order valence-corrected chi connectivity index (χ1v) is 2.27. The number of hydrogen-bond acceptors (Lipinski definition) is 3. The molecular weight excluding hydrogens is 186 g/mol. The van der Waals surface area contributed by atoms with Gasteiger partial charge in [0, 0.05) is 68.3 Å². The molecule has 3 N–H and O–H groups in total. The second-order valence-electron chi connectivity index (χ2n) is 1.38. The average molecular weight is 198 g/mol. The van der Waals surface area contributed by atoms with Crippen LogP contribution in [0.2, 0.25) is 0 Å². The van der Waals surface area contributed by atoms with Crippen LogP contribution in [0.4, 0.5) is 0 Å². The van der Waals surface area contributed by atoms with Crippen molar-refractivity contribution in [2.75, 3.05) is 0 Å². The standard InChI is InChI=1S/C5H8O5.2Na/c6-3(5(9)10)1-2-4(7)8;;/h3,6H,1-2H2,(H,7,8)(H,9,10);;/i1D2,3D,6D;;. The van der Waals surface area contributed by atoms with Crippen LogP contribution in [-0.2, 0) is 9.59 Å². The van der Waals surface area contributed by atoms with Crippen LogP contribution < -0.4 is 0 Å². The molecule has 0 aromatic heterocycles. The first-order chi connectivity index (χ1) is 6.17. The molecule has 7 heteroatoms. The molecule has 2 radical (unpaired) electrons. The summed E-state index contributed by atoms with van der Waals surface area (Å²) in [5.41, 5.74) is 0. The van der Waals surface area contributed by atoms with Crippen LogP contribution in [-0.4, -0.2) is 93.9 Å². The van der Waals surface area contributed by atoms with Crippen LogP contribution in [0.3, 0.4) is 0 Å². The summed E-state index contributed by atoms with van der Waals surface area (Å²) in [5.74, 6) is -3.68. The molecule has 12 heavy (non-hydrogen) atoms. The van der Waals surface area contributed by atoms with Gasteiger partial charge in [-0.2, -0.15) is 0 Å². The zero-order valence-electron chi connectivity index (χ0n) is 10.8. The van der Waals surface area contributed by atoms with Gasteiger partial charge in [-0.25, -0.2) is 4.79 Å². The minimum atomic E-state index is -3.24. The third-order valence-corrected chi connectivity index (χ3v) is 0.594. The van der Waals surface area contributed by atoms with E-state index in [2.05, 4.69) is 5.11 Å². The first-order valence-electron chi connectivity index (χ1n) is 4.17. The summed E-state index contributed by atoms with van der Waals surface area (Å²) in [6.45, 7) is 0. The van der Waals surface area contributed by atoms with E-state index < -0.39 is 30.8 Å². The summed E-state index contributed by atoms with van der Waals surface area (Å²) in [4.78, 5) is 20.6. The van der Waals surface area contributed by atoms with Gasteiger partial charge in [-0.3, -0.25) is 4.79 Å². The third-order valence-electron chi connectivity index (χ3n) is 0.594. The topological polar surface area (TPSA) is 94.8 Å². The van der Waals surface area contributed by atoms with Crippen molar-refractivity contribution in [3.05, 3.63) is 0 Å². The van der Waals surface area contributed by atoms with Crippen molar-refractivity contribution in [1.29, 1.82) is 1.43 Å². The molecule has 1 unspecified atom stereocenters. The van der Waals surface area contributed by atoms with E-state index in [-0.39, 0.29) is 59.1 Å². The number of carboxylic acids is 2. The molecule has 0 fully saturated rings. The van der Waals surface area contributed by atoms with E-state index in [0.29, 0.717) is 0 Å². The van der Waals surface area contributed by atoms with Crippen molar-refractivity contribution < 1.29 is 29.0 Å². The number of aliphatic hydroxyl groups is 1. The van der Waals surface area contributed by atoms with E-state index in [1.54, 1.807) is 0 Å². The quantitative estimate of drug-likeness (QED) is 0.469. The van der Waals surface area contributed by atoms with Gasteiger partial charge in [0.1, 0.15) is 0 Å². The molecule has 1 atom stereocenters. The summed E-state index contributed by atoms with van der Waals surface area (Å²) in [5, 5.41) is 20.1. The van der Waals surface area contributed by atoms with Crippen molar-refractivity contribution in [2.24, 2.45) is 0 Å². The van der Waals surface area contributed by atoms with Crippen LogP contribution >= 0.6 is 0 Å². The minimum Gasteiger partial charge on any atom is -0.481 e. The maximum absolute atomic E-state index is 10.4. The molecule has 0 heterocycles. The summed E-state index contributed by atoms with van der Waals surface area (Å²) < 4.78 is 27.3. The van der Waals surface area contributed by atoms with Crippen LogP contribution in [0.5, 0.6) is 0 Å². The molecule has 0 saturated carbocycles. The van der Waals surface area contributed by atoms with E-state index in [1.165, 1.54) is 0 Å². The molecule has 0 aliphatic carbocycles. The fourth-order valence-corrected chi connectivity index (χ4v) is 0.232. The molecule has 0 saturated heterocycles. The van der Waals surface area contributed by atoms with Crippen LogP contribution in [0.15, 0.2) is 0 Å². The van der Waals surface area contributed by atoms with Gasteiger partial charge in [0.2, 0.25) is 1.43 Å². The van der Waals surface area contributed by atoms with Gasteiger partial charge in [0.25, 0.3) is 0 Å². The SMILES string of the molecule is [2H]OC([2H])(C(=O)O)C([2H])([2H])CC(=O)O.[Na].[Na]. The van der Waals surface area contributed by atoms with Crippen LogP contribution in [0.25, 0.3) is 0 Å². The molecule has 0 amide bonds. The molecule has 0 aromatic carbocycles. The predicted octanol–water partition coefficient (Wildman–Crippen LogP) is -1.46. The summed E-state index contributed by atoms with van der Waals surface area (Å²) >= 11 is 0. The predicted molar refractivity (Wildman–Crippen MR) is 42.0 cm³/mol. The Morgan fingerprint density at radius 3 is 2.25 bits per heavy atom. The second kappa shape index (κ2) is 9.98. The Morgan fingerprint density at radius 2 is 2.00 bits per heavy atom. The molecule has 0 aliphatic heterocycles. The van der Waals surface area contributed by atoms with E-state index in [4.69, 9.17) is 15.8 Å². The Morgan fingerprint density at radius 1 is 1.50 bits per heavy atom. The fraction of sp³-hybridized carbons (Fsp3) is 0.600. The molecule has 0 rings (SSSR count). The summed E-state index contributed by atoms with van der Waals surface area (Å²) in [6.07, 6.45) is -7.47. The Labute approximate surface area is 119 Å². The Hall–Kier alpha value is 0.900. The number of carbonyl (C=O) groups is 2. The van der Waals surface area contributed by atoms with E-state index in [9.17, 15) is 9.59 Å². The van der Waals surface area contributed by atoms with Gasteiger partial charge in [-0.05, 0) is 6.37 Å². The average Bonchev–Trinajstić information content (AvgIpc) is 1.99. The molecule has 0 aliphatic rings. The smallest absolute Gasteiger partial charge is 0.332 e. The van der Waals surface area contributed by atoms with Gasteiger partial charge in [-0.1, -0.05) is 0 Å². The molecule has 0 aromatic rings. The van der Waals surface area contributed by atoms with Crippen LogP contribution in [0.1, 0.15) is 16.9 Å². The largest absolute Gasteiger partial charge is 0.481 e. The molecular formula is C5H8Na2O5. The fourth-order valence-electron chi connectivity index (χ4n) is 0.232. The Balaban J connectivity index is -0.000000845. The zero-order valence-corrected chi connectivity index (χ0v) is 10.8. The second-order valence-corrected chi connectivity index (χ2v) is 1.38. The Bertz CT molecular complexity index is 263. The maximum Gasteiger partial charge on any atom is 0.332 e. The first kappa shape index (κ1) is 9.45. The van der Waals surface area contributed by atoms with Crippen molar-refractivity contribution in [3.63, 3.8) is 0 Å². The number of hydrogen-bond donors (Lipinski definition) is 3. The molecule has 0 spiro atoms. The third kappa shape index (κ3) is 10.9. The van der Waals surface area contributed by atoms with Crippen molar-refractivity contribution in [1.82, 2.24) is 0 Å². The van der Waals surface area contributed by atoms with Crippen molar-refractivity contribution >= 4 is 71.1 Å². The Kier molecular flexibility index (Phi) is 7.87. The van der Waals surface area contributed by atoms with E-state index >= 15 is 0 Å². The van der Waals surface area contributed by atoms with Gasteiger partial charge >= 0.3 is 11.9 Å². The van der Waals surface area contributed by atoms with E-state index in [0.717, 1.165) is 0 Å². The van der Waals surface area contributed by atoms with Crippen LogP contribution in [0, 0.1) is 0 Å². The summed E-state index contributed by atoms with van der Waals surface area (Å²) in [7, 11) is 0. The maximum atomic E-state index is 10.4. The van der Waals surface area contributed by atoms with Gasteiger partial charge < -0.3 is 15.3 Å². The summed E-state index contributed by atoms with van der Waals surface area (Å²) in [6, 6.07) is 0. The van der Waals surface area contributed by atoms with Crippen molar-refractivity contribution in [3.8, 4) is 0 Å². The van der Waals surface area contributed by atoms with Gasteiger partial charge in [0.15, 0.2) is 6.08 Å². The molecule has 60 valence electrons. The van der Waals surface area contributed by atoms with E-state index in [1.807, 2.05) is 0 Å². The normalized spacial score (nSPS) is 19.0. The number of rotatable bonds is 5. The van der Waals surface area contributed by atoms with Gasteiger partial charge in [-0.15, -0.1) is 0 Å².